The lowest BCUT2D eigenvalue weighted by Crippen LogP contribution is -2.34. The van der Waals surface area contributed by atoms with Crippen LogP contribution in [0, 0.1) is 22.9 Å². The van der Waals surface area contributed by atoms with Crippen molar-refractivity contribution in [3.8, 4) is 0 Å². The molecule has 1 aliphatic heterocycles. The summed E-state index contributed by atoms with van der Waals surface area (Å²) in [6.07, 6.45) is 2.32. The number of likely N-dealkylation sites (tertiary alicyclic amines) is 1. The third kappa shape index (κ3) is 3.75. The minimum Gasteiger partial charge on any atom is -0.351 e. The maximum absolute atomic E-state index is 13.9. The molecule has 7 heteroatoms. The molecule has 2 rings (SSSR count). The molecule has 1 N–H and O–H groups in total. The average Bonchev–Trinajstić information content (AvgIpc) is 2.94. The van der Waals surface area contributed by atoms with E-state index in [9.17, 15) is 19.3 Å². The monoisotopic (exact) mass is 295 g/mol. The van der Waals surface area contributed by atoms with Crippen LogP contribution in [0.3, 0.4) is 0 Å². The van der Waals surface area contributed by atoms with E-state index in [0.29, 0.717) is 13.1 Å². The van der Waals surface area contributed by atoms with Crippen LogP contribution in [0.5, 0.6) is 0 Å². The summed E-state index contributed by atoms with van der Waals surface area (Å²) in [4.78, 5) is 24.3. The van der Waals surface area contributed by atoms with E-state index in [-0.39, 0.29) is 16.8 Å². The van der Waals surface area contributed by atoms with E-state index in [1.54, 1.807) is 0 Å². The van der Waals surface area contributed by atoms with Crippen LogP contribution in [0.1, 0.15) is 28.8 Å². The first-order valence-electron chi connectivity index (χ1n) is 6.94. The number of nitrogens with one attached hydrogen (secondary N) is 1. The predicted molar refractivity (Wildman–Crippen MR) is 75.8 cm³/mol. The maximum Gasteiger partial charge on any atom is 0.270 e. The van der Waals surface area contributed by atoms with Crippen molar-refractivity contribution in [3.63, 3.8) is 0 Å². The summed E-state index contributed by atoms with van der Waals surface area (Å²) < 4.78 is 13.9. The van der Waals surface area contributed by atoms with E-state index in [1.165, 1.54) is 6.92 Å². The van der Waals surface area contributed by atoms with Crippen LogP contribution in [-0.4, -0.2) is 41.9 Å². The fraction of sp³-hybridized carbons (Fsp3) is 0.500. The van der Waals surface area contributed by atoms with Crippen molar-refractivity contribution < 1.29 is 14.1 Å². The van der Waals surface area contributed by atoms with Crippen LogP contribution in [0.4, 0.5) is 10.1 Å². The number of non-ortho nitro benzene ring substituents is 1. The van der Waals surface area contributed by atoms with Crippen LogP contribution in [0.25, 0.3) is 0 Å². The molecule has 0 spiro atoms. The summed E-state index contributed by atoms with van der Waals surface area (Å²) in [6.45, 7) is 4.55. The van der Waals surface area contributed by atoms with Gasteiger partial charge in [0, 0.05) is 25.2 Å². The van der Waals surface area contributed by atoms with Gasteiger partial charge >= 0.3 is 0 Å². The van der Waals surface area contributed by atoms with Gasteiger partial charge in [0.15, 0.2) is 0 Å². The Kier molecular flexibility index (Phi) is 4.85. The molecule has 0 unspecified atom stereocenters. The normalized spacial score (nSPS) is 15.1. The highest BCUT2D eigenvalue weighted by Gasteiger charge is 2.20. The summed E-state index contributed by atoms with van der Waals surface area (Å²) in [5, 5.41) is 13.4. The molecular formula is C14H18FN3O3. The van der Waals surface area contributed by atoms with Gasteiger partial charge in [0.05, 0.1) is 10.5 Å². The lowest BCUT2D eigenvalue weighted by molar-refractivity contribution is -0.385. The Labute approximate surface area is 122 Å². The summed E-state index contributed by atoms with van der Waals surface area (Å²) >= 11 is 0. The highest BCUT2D eigenvalue weighted by atomic mass is 19.1. The lowest BCUT2D eigenvalue weighted by atomic mass is 10.1. The topological polar surface area (TPSA) is 75.5 Å². The Morgan fingerprint density at radius 3 is 2.71 bits per heavy atom. The van der Waals surface area contributed by atoms with Crippen LogP contribution in [0.2, 0.25) is 0 Å². The summed E-state index contributed by atoms with van der Waals surface area (Å²) in [7, 11) is 0. The Hall–Kier alpha value is -2.02. The molecule has 114 valence electrons. The molecule has 0 saturated carbocycles. The minimum absolute atomic E-state index is 0.0916. The van der Waals surface area contributed by atoms with Gasteiger partial charge in [0.25, 0.3) is 11.6 Å². The SMILES string of the molecule is Cc1cc([N+](=O)[O-])cc(C(=O)NCCN2CCCC2)c1F. The number of halogens is 1. The first kappa shape index (κ1) is 15.4. The number of aryl methyl sites for hydroxylation is 1. The fourth-order valence-corrected chi connectivity index (χ4v) is 2.45. The van der Waals surface area contributed by atoms with Crippen molar-refractivity contribution in [3.05, 3.63) is 39.2 Å². The highest BCUT2D eigenvalue weighted by molar-refractivity contribution is 5.95. The smallest absolute Gasteiger partial charge is 0.270 e. The van der Waals surface area contributed by atoms with Crippen molar-refractivity contribution in [1.82, 2.24) is 10.2 Å². The zero-order valence-corrected chi connectivity index (χ0v) is 11.9. The number of nitrogens with zero attached hydrogens (tertiary/aromatic N) is 2. The number of carbonyl (C=O) groups is 1. The van der Waals surface area contributed by atoms with Crippen molar-refractivity contribution in [2.24, 2.45) is 0 Å². The largest absolute Gasteiger partial charge is 0.351 e. The lowest BCUT2D eigenvalue weighted by Gasteiger charge is -2.15. The number of carbonyl (C=O) groups excluding carboxylic acids is 1. The number of amides is 1. The number of benzene rings is 1. The molecule has 1 heterocycles. The predicted octanol–water partition coefficient (Wildman–Crippen LogP) is 1.87. The minimum atomic E-state index is -0.709. The number of nitro groups is 1. The molecule has 1 saturated heterocycles. The molecule has 0 atom stereocenters. The van der Waals surface area contributed by atoms with Gasteiger partial charge in [0.2, 0.25) is 0 Å². The molecule has 0 aromatic heterocycles. The third-order valence-electron chi connectivity index (χ3n) is 3.61. The van der Waals surface area contributed by atoms with Gasteiger partial charge in [-0.1, -0.05) is 0 Å². The Bertz CT molecular complexity index is 557. The standard InChI is InChI=1S/C14H18FN3O3/c1-10-8-11(18(20)21)9-12(13(10)15)14(19)16-4-7-17-5-2-3-6-17/h8-9H,2-7H2,1H3,(H,16,19). The van der Waals surface area contributed by atoms with Crippen molar-refractivity contribution >= 4 is 11.6 Å². The number of hydrogen-bond donors (Lipinski definition) is 1. The zero-order chi connectivity index (χ0) is 15.4. The first-order chi connectivity index (χ1) is 9.99. The van der Waals surface area contributed by atoms with Crippen molar-refractivity contribution in [2.45, 2.75) is 19.8 Å². The number of hydrogen-bond acceptors (Lipinski definition) is 4. The van der Waals surface area contributed by atoms with E-state index in [2.05, 4.69) is 10.2 Å². The highest BCUT2D eigenvalue weighted by Crippen LogP contribution is 2.20. The molecule has 1 aromatic carbocycles. The summed E-state index contributed by atoms with van der Waals surface area (Å²) in [5.74, 6) is -1.32. The number of nitro benzene ring substituents is 1. The Balaban J connectivity index is 2.02. The van der Waals surface area contributed by atoms with Gasteiger partial charge in [-0.3, -0.25) is 14.9 Å². The second-order valence-electron chi connectivity index (χ2n) is 5.19. The van der Waals surface area contributed by atoms with Crippen LogP contribution >= 0.6 is 0 Å². The zero-order valence-electron chi connectivity index (χ0n) is 11.9. The van der Waals surface area contributed by atoms with Crippen molar-refractivity contribution in [1.29, 1.82) is 0 Å². The van der Waals surface area contributed by atoms with E-state index in [0.717, 1.165) is 38.1 Å². The number of rotatable bonds is 5. The first-order valence-corrected chi connectivity index (χ1v) is 6.94. The van der Waals surface area contributed by atoms with Crippen LogP contribution in [-0.2, 0) is 0 Å². The van der Waals surface area contributed by atoms with Gasteiger partial charge in [-0.15, -0.1) is 0 Å². The second-order valence-corrected chi connectivity index (χ2v) is 5.19. The quantitative estimate of drug-likeness (QED) is 0.664. The van der Waals surface area contributed by atoms with E-state index < -0.39 is 16.6 Å². The molecule has 1 amide bonds. The molecule has 1 aliphatic rings. The van der Waals surface area contributed by atoms with Crippen LogP contribution in [0.15, 0.2) is 12.1 Å². The van der Waals surface area contributed by atoms with Crippen LogP contribution < -0.4 is 5.32 Å². The summed E-state index contributed by atoms with van der Waals surface area (Å²) in [5.41, 5.74) is -0.462. The van der Waals surface area contributed by atoms with Crippen molar-refractivity contribution in [2.75, 3.05) is 26.2 Å². The molecule has 21 heavy (non-hydrogen) atoms. The molecule has 0 radical (unpaired) electrons. The fourth-order valence-electron chi connectivity index (χ4n) is 2.45. The summed E-state index contributed by atoms with van der Waals surface area (Å²) in [6, 6.07) is 2.10. The molecular weight excluding hydrogens is 277 g/mol. The Morgan fingerprint density at radius 1 is 1.43 bits per heavy atom. The average molecular weight is 295 g/mol. The molecule has 1 aromatic rings. The van der Waals surface area contributed by atoms with E-state index >= 15 is 0 Å². The third-order valence-corrected chi connectivity index (χ3v) is 3.61. The molecule has 1 fully saturated rings. The molecule has 0 bridgehead atoms. The van der Waals surface area contributed by atoms with Gasteiger partial charge < -0.3 is 10.2 Å². The van der Waals surface area contributed by atoms with Gasteiger partial charge in [-0.25, -0.2) is 4.39 Å². The molecule has 6 nitrogen and oxygen atoms in total. The molecule has 0 aliphatic carbocycles. The van der Waals surface area contributed by atoms with E-state index in [1.807, 2.05) is 0 Å². The van der Waals surface area contributed by atoms with Gasteiger partial charge in [0.1, 0.15) is 5.82 Å². The Morgan fingerprint density at radius 2 is 2.10 bits per heavy atom. The van der Waals surface area contributed by atoms with Gasteiger partial charge in [-0.05, 0) is 38.4 Å². The maximum atomic E-state index is 13.9. The van der Waals surface area contributed by atoms with Gasteiger partial charge in [-0.2, -0.15) is 0 Å². The van der Waals surface area contributed by atoms with E-state index in [4.69, 9.17) is 0 Å². The second kappa shape index (κ2) is 6.62.